The van der Waals surface area contributed by atoms with Crippen LogP contribution in [0, 0.1) is 0 Å². The Morgan fingerprint density at radius 3 is 2.88 bits per heavy atom. The van der Waals surface area contributed by atoms with Crippen molar-refractivity contribution in [2.24, 2.45) is 0 Å². The zero-order valence-corrected chi connectivity index (χ0v) is 11.0. The molecule has 7 heteroatoms. The van der Waals surface area contributed by atoms with Crippen LogP contribution in [-0.4, -0.2) is 47.1 Å². The Labute approximate surface area is 109 Å². The number of anilines is 1. The molecule has 1 saturated heterocycles. The van der Waals surface area contributed by atoms with E-state index >= 15 is 0 Å². The van der Waals surface area contributed by atoms with Crippen molar-refractivity contribution in [3.63, 3.8) is 0 Å². The molecule has 0 aliphatic carbocycles. The number of rotatable bonds is 3. The standard InChI is InChI=1S/C10H15ClN2O3S/c1-6-2-13(3-7(4-14)16-6)10-12-9(11)8(5-15)17-10/h6-7,14-15H,2-5H2,1H3. The second-order valence-electron chi connectivity index (χ2n) is 4.02. The van der Waals surface area contributed by atoms with Gasteiger partial charge in [0, 0.05) is 13.1 Å². The van der Waals surface area contributed by atoms with Gasteiger partial charge in [-0.05, 0) is 6.92 Å². The number of aliphatic hydroxyl groups excluding tert-OH is 2. The van der Waals surface area contributed by atoms with E-state index in [-0.39, 0.29) is 25.4 Å². The Morgan fingerprint density at radius 1 is 1.53 bits per heavy atom. The summed E-state index contributed by atoms with van der Waals surface area (Å²) in [5.41, 5.74) is 0. The van der Waals surface area contributed by atoms with E-state index in [1.165, 1.54) is 11.3 Å². The third-order valence-corrected chi connectivity index (χ3v) is 4.11. The van der Waals surface area contributed by atoms with Gasteiger partial charge in [-0.3, -0.25) is 0 Å². The van der Waals surface area contributed by atoms with Crippen molar-refractivity contribution >= 4 is 28.1 Å². The Balaban J connectivity index is 2.14. The third kappa shape index (κ3) is 2.89. The first-order chi connectivity index (χ1) is 8.13. The summed E-state index contributed by atoms with van der Waals surface area (Å²) < 4.78 is 5.55. The maximum absolute atomic E-state index is 9.14. The van der Waals surface area contributed by atoms with Crippen LogP contribution in [0.2, 0.25) is 5.15 Å². The predicted octanol–water partition coefficient (Wildman–Crippen LogP) is 0.875. The molecule has 2 rings (SSSR count). The average molecular weight is 279 g/mol. The quantitative estimate of drug-likeness (QED) is 0.859. The summed E-state index contributed by atoms with van der Waals surface area (Å²) in [5, 5.41) is 19.4. The molecule has 2 heterocycles. The van der Waals surface area contributed by atoms with Gasteiger partial charge < -0.3 is 19.8 Å². The maximum Gasteiger partial charge on any atom is 0.187 e. The Bertz CT molecular complexity index is 388. The Morgan fingerprint density at radius 2 is 2.29 bits per heavy atom. The summed E-state index contributed by atoms with van der Waals surface area (Å²) in [6.45, 7) is 3.16. The second kappa shape index (κ2) is 5.49. The van der Waals surface area contributed by atoms with Crippen molar-refractivity contribution in [1.82, 2.24) is 4.98 Å². The zero-order valence-electron chi connectivity index (χ0n) is 9.47. The van der Waals surface area contributed by atoms with E-state index in [2.05, 4.69) is 4.98 Å². The lowest BCUT2D eigenvalue weighted by molar-refractivity contribution is -0.0421. The third-order valence-electron chi connectivity index (χ3n) is 2.58. The first-order valence-electron chi connectivity index (χ1n) is 5.41. The van der Waals surface area contributed by atoms with Crippen LogP contribution in [0.5, 0.6) is 0 Å². The van der Waals surface area contributed by atoms with Gasteiger partial charge >= 0.3 is 0 Å². The van der Waals surface area contributed by atoms with E-state index < -0.39 is 0 Å². The molecule has 0 bridgehead atoms. The predicted molar refractivity (Wildman–Crippen MR) is 66.7 cm³/mol. The van der Waals surface area contributed by atoms with Gasteiger partial charge in [-0.25, -0.2) is 4.98 Å². The lowest BCUT2D eigenvalue weighted by Crippen LogP contribution is -2.48. The highest BCUT2D eigenvalue weighted by Crippen LogP contribution is 2.31. The van der Waals surface area contributed by atoms with Gasteiger partial charge in [-0.1, -0.05) is 22.9 Å². The molecule has 1 aliphatic heterocycles. The zero-order chi connectivity index (χ0) is 12.4. The molecule has 5 nitrogen and oxygen atoms in total. The molecule has 0 aromatic carbocycles. The van der Waals surface area contributed by atoms with Gasteiger partial charge in [0.2, 0.25) is 0 Å². The van der Waals surface area contributed by atoms with Gasteiger partial charge in [-0.15, -0.1) is 0 Å². The van der Waals surface area contributed by atoms with Crippen LogP contribution in [0.25, 0.3) is 0 Å². The number of thiazole rings is 1. The SMILES string of the molecule is CC1CN(c2nc(Cl)c(CO)s2)CC(CO)O1. The monoisotopic (exact) mass is 278 g/mol. The fourth-order valence-corrected chi connectivity index (χ4v) is 2.99. The summed E-state index contributed by atoms with van der Waals surface area (Å²) in [6.07, 6.45) is -0.153. The molecular weight excluding hydrogens is 264 g/mol. The van der Waals surface area contributed by atoms with Crippen LogP contribution in [-0.2, 0) is 11.3 Å². The molecule has 1 fully saturated rings. The van der Waals surface area contributed by atoms with E-state index in [0.717, 1.165) is 5.13 Å². The highest BCUT2D eigenvalue weighted by atomic mass is 35.5. The van der Waals surface area contributed by atoms with E-state index in [1.54, 1.807) is 0 Å². The first kappa shape index (κ1) is 13.0. The van der Waals surface area contributed by atoms with Crippen molar-refractivity contribution in [3.05, 3.63) is 10.0 Å². The van der Waals surface area contributed by atoms with E-state index in [0.29, 0.717) is 23.1 Å². The number of aromatic nitrogens is 1. The van der Waals surface area contributed by atoms with Crippen LogP contribution in [0.4, 0.5) is 5.13 Å². The summed E-state index contributed by atoms with van der Waals surface area (Å²) in [5.74, 6) is 0. The molecule has 0 amide bonds. The molecule has 2 atom stereocenters. The highest BCUT2D eigenvalue weighted by Gasteiger charge is 2.27. The minimum atomic E-state index is -0.195. The largest absolute Gasteiger partial charge is 0.394 e. The minimum absolute atomic E-state index is 0.00714. The Kier molecular flexibility index (Phi) is 4.22. The molecule has 0 spiro atoms. The number of hydrogen-bond acceptors (Lipinski definition) is 6. The number of aliphatic hydroxyl groups is 2. The Hall–Kier alpha value is -0.400. The van der Waals surface area contributed by atoms with Gasteiger partial charge in [0.05, 0.1) is 30.3 Å². The van der Waals surface area contributed by atoms with E-state index in [9.17, 15) is 0 Å². The molecular formula is C10H15ClN2O3S. The van der Waals surface area contributed by atoms with Gasteiger partial charge in [0.25, 0.3) is 0 Å². The summed E-state index contributed by atoms with van der Waals surface area (Å²) >= 11 is 7.28. The molecule has 1 aromatic heterocycles. The van der Waals surface area contributed by atoms with E-state index in [1.807, 2.05) is 11.8 Å². The number of halogens is 1. The van der Waals surface area contributed by atoms with Crippen molar-refractivity contribution in [1.29, 1.82) is 0 Å². The van der Waals surface area contributed by atoms with Crippen molar-refractivity contribution in [2.45, 2.75) is 25.7 Å². The van der Waals surface area contributed by atoms with Crippen LogP contribution < -0.4 is 4.90 Å². The topological polar surface area (TPSA) is 65.8 Å². The number of ether oxygens (including phenoxy) is 1. The molecule has 1 aliphatic rings. The van der Waals surface area contributed by atoms with Crippen LogP contribution in [0.3, 0.4) is 0 Å². The van der Waals surface area contributed by atoms with E-state index in [4.69, 9.17) is 26.6 Å². The number of hydrogen-bond donors (Lipinski definition) is 2. The summed E-state index contributed by atoms with van der Waals surface area (Å²) in [4.78, 5) is 6.92. The number of nitrogens with zero attached hydrogens (tertiary/aromatic N) is 2. The lowest BCUT2D eigenvalue weighted by atomic mass is 10.2. The van der Waals surface area contributed by atoms with Gasteiger partial charge in [0.15, 0.2) is 5.13 Å². The minimum Gasteiger partial charge on any atom is -0.394 e. The smallest absolute Gasteiger partial charge is 0.187 e. The van der Waals surface area contributed by atoms with Crippen LogP contribution in [0.15, 0.2) is 0 Å². The van der Waals surface area contributed by atoms with Crippen LogP contribution in [0.1, 0.15) is 11.8 Å². The fourth-order valence-electron chi connectivity index (χ4n) is 1.86. The molecule has 2 unspecified atom stereocenters. The molecule has 17 heavy (non-hydrogen) atoms. The summed E-state index contributed by atoms with van der Waals surface area (Å²) in [6, 6.07) is 0. The van der Waals surface area contributed by atoms with Gasteiger partial charge in [0.1, 0.15) is 5.15 Å². The van der Waals surface area contributed by atoms with Crippen molar-refractivity contribution in [2.75, 3.05) is 24.6 Å². The van der Waals surface area contributed by atoms with Gasteiger partial charge in [-0.2, -0.15) is 0 Å². The van der Waals surface area contributed by atoms with Crippen LogP contribution >= 0.6 is 22.9 Å². The van der Waals surface area contributed by atoms with Crippen molar-refractivity contribution < 1.29 is 14.9 Å². The molecule has 96 valence electrons. The molecule has 1 aromatic rings. The second-order valence-corrected chi connectivity index (χ2v) is 5.44. The maximum atomic E-state index is 9.14. The molecule has 0 radical (unpaired) electrons. The van der Waals surface area contributed by atoms with Crippen molar-refractivity contribution in [3.8, 4) is 0 Å². The molecule has 2 N–H and O–H groups in total. The molecule has 0 saturated carbocycles. The highest BCUT2D eigenvalue weighted by molar-refractivity contribution is 7.16. The summed E-state index contributed by atoms with van der Waals surface area (Å²) in [7, 11) is 0. The fraction of sp³-hybridized carbons (Fsp3) is 0.700. The lowest BCUT2D eigenvalue weighted by Gasteiger charge is -2.35. The normalized spacial score (nSPS) is 25.3. The number of morpholine rings is 1. The first-order valence-corrected chi connectivity index (χ1v) is 6.60. The average Bonchev–Trinajstić information content (AvgIpc) is 2.69.